The van der Waals surface area contributed by atoms with Gasteiger partial charge >= 0.3 is 12.1 Å². The fourth-order valence-corrected chi connectivity index (χ4v) is 1.38. The highest BCUT2D eigenvalue weighted by molar-refractivity contribution is 5.93. The Bertz CT molecular complexity index is 355. The maximum absolute atomic E-state index is 11.8. The van der Waals surface area contributed by atoms with E-state index in [-0.39, 0.29) is 12.2 Å². The summed E-state index contributed by atoms with van der Waals surface area (Å²) in [6, 6.07) is 0. The van der Waals surface area contributed by atoms with Crippen molar-refractivity contribution in [2.24, 2.45) is 0 Å². The predicted molar refractivity (Wildman–Crippen MR) is 59.0 cm³/mol. The Morgan fingerprint density at radius 1 is 1.47 bits per heavy atom. The zero-order valence-corrected chi connectivity index (χ0v) is 10.4. The molecule has 0 bridgehead atoms. The second-order valence-corrected chi connectivity index (χ2v) is 4.70. The van der Waals surface area contributed by atoms with Gasteiger partial charge in [0.05, 0.1) is 19.8 Å². The number of nitrogens with zero attached hydrogens (tertiary/aromatic N) is 1. The Balaban J connectivity index is 2.81. The highest BCUT2D eigenvalue weighted by Crippen LogP contribution is 2.20. The maximum atomic E-state index is 11.8. The number of aliphatic hydroxyl groups excluding tert-OH is 1. The number of methoxy groups -OCH3 is 1. The predicted octanol–water partition coefficient (Wildman–Crippen LogP) is 0.655. The van der Waals surface area contributed by atoms with E-state index in [0.717, 1.165) is 4.90 Å². The van der Waals surface area contributed by atoms with Gasteiger partial charge in [-0.25, -0.2) is 9.59 Å². The summed E-state index contributed by atoms with van der Waals surface area (Å²) in [6.45, 7) is 5.16. The molecule has 0 fully saturated rings. The fraction of sp³-hybridized carbons (Fsp3) is 0.636. The second-order valence-electron chi connectivity index (χ2n) is 4.70. The minimum absolute atomic E-state index is 0.000648. The van der Waals surface area contributed by atoms with E-state index in [1.165, 1.54) is 13.2 Å². The van der Waals surface area contributed by atoms with Crippen LogP contribution in [0, 0.1) is 0 Å². The number of β-amino-alcohol motifs (C(OH)–C–C–N with tert-alkyl or cyclic N) is 1. The summed E-state index contributed by atoms with van der Waals surface area (Å²) in [5.41, 5.74) is -0.652. The van der Waals surface area contributed by atoms with E-state index in [4.69, 9.17) is 4.74 Å². The van der Waals surface area contributed by atoms with Crippen molar-refractivity contribution in [2.45, 2.75) is 32.5 Å². The van der Waals surface area contributed by atoms with Crippen molar-refractivity contribution in [2.75, 3.05) is 13.7 Å². The molecule has 96 valence electrons. The number of ether oxygens (including phenoxy) is 2. The molecule has 0 aromatic rings. The Labute approximate surface area is 99.8 Å². The Morgan fingerprint density at radius 2 is 2.06 bits per heavy atom. The van der Waals surface area contributed by atoms with E-state index in [9.17, 15) is 14.7 Å². The quantitative estimate of drug-likeness (QED) is 0.684. The molecule has 1 heterocycles. The average molecular weight is 243 g/mol. The van der Waals surface area contributed by atoms with E-state index in [1.807, 2.05) is 0 Å². The van der Waals surface area contributed by atoms with Crippen LogP contribution in [0.4, 0.5) is 4.79 Å². The van der Waals surface area contributed by atoms with Crippen LogP contribution in [0.5, 0.6) is 0 Å². The van der Waals surface area contributed by atoms with Crippen molar-refractivity contribution in [1.82, 2.24) is 4.90 Å². The molecule has 1 aliphatic rings. The summed E-state index contributed by atoms with van der Waals surface area (Å²) in [6.07, 6.45) is -0.280. The summed E-state index contributed by atoms with van der Waals surface area (Å²) in [7, 11) is 1.21. The lowest BCUT2D eigenvalue weighted by atomic mass is 10.2. The highest BCUT2D eigenvalue weighted by atomic mass is 16.6. The van der Waals surface area contributed by atoms with Gasteiger partial charge < -0.3 is 14.6 Å². The zero-order valence-electron chi connectivity index (χ0n) is 10.4. The molecular weight excluding hydrogens is 226 g/mol. The molecule has 1 atom stereocenters. The van der Waals surface area contributed by atoms with Crippen LogP contribution in [0.25, 0.3) is 0 Å². The Hall–Kier alpha value is -1.56. The van der Waals surface area contributed by atoms with Gasteiger partial charge in [0.25, 0.3) is 0 Å². The number of rotatable bonds is 1. The van der Waals surface area contributed by atoms with Crippen LogP contribution in [0.15, 0.2) is 11.8 Å². The van der Waals surface area contributed by atoms with Gasteiger partial charge in [-0.15, -0.1) is 0 Å². The minimum atomic E-state index is -0.878. The van der Waals surface area contributed by atoms with Crippen molar-refractivity contribution in [3.8, 4) is 0 Å². The molecule has 0 aromatic carbocycles. The third kappa shape index (κ3) is 3.45. The van der Waals surface area contributed by atoms with Crippen molar-refractivity contribution >= 4 is 12.1 Å². The molecule has 1 N–H and O–H groups in total. The summed E-state index contributed by atoms with van der Waals surface area (Å²) in [5.74, 6) is -0.674. The van der Waals surface area contributed by atoms with E-state index in [2.05, 4.69) is 4.74 Å². The zero-order chi connectivity index (χ0) is 13.2. The number of hydrogen-bond donors (Lipinski definition) is 1. The third-order valence-electron chi connectivity index (χ3n) is 2.02. The standard InChI is InChI=1S/C11H17NO5/c1-11(2,3)17-10(15)12-6-7(13)5-8(12)9(14)16-4/h5,7,13H,6H2,1-4H3. The minimum Gasteiger partial charge on any atom is -0.464 e. The number of carbonyl (C=O) groups excluding carboxylic acids is 2. The molecule has 1 amide bonds. The van der Waals surface area contributed by atoms with Gasteiger partial charge in [-0.2, -0.15) is 0 Å². The van der Waals surface area contributed by atoms with Gasteiger partial charge in [0.1, 0.15) is 11.3 Å². The average Bonchev–Trinajstić information content (AvgIpc) is 2.56. The first kappa shape index (κ1) is 13.5. The van der Waals surface area contributed by atoms with Crippen molar-refractivity contribution < 1.29 is 24.2 Å². The number of aliphatic hydroxyl groups is 1. The van der Waals surface area contributed by atoms with Crippen LogP contribution >= 0.6 is 0 Å². The molecule has 1 aliphatic heterocycles. The summed E-state index contributed by atoms with van der Waals surface area (Å²) >= 11 is 0. The van der Waals surface area contributed by atoms with Crippen LogP contribution in [-0.2, 0) is 14.3 Å². The monoisotopic (exact) mass is 243 g/mol. The SMILES string of the molecule is COC(=O)C1=CC(O)CN1C(=O)OC(C)(C)C. The fourth-order valence-electron chi connectivity index (χ4n) is 1.38. The summed E-state index contributed by atoms with van der Waals surface area (Å²) < 4.78 is 9.65. The second kappa shape index (κ2) is 4.75. The van der Waals surface area contributed by atoms with E-state index in [0.29, 0.717) is 0 Å². The van der Waals surface area contributed by atoms with E-state index < -0.39 is 23.8 Å². The molecule has 0 aromatic heterocycles. The van der Waals surface area contributed by atoms with E-state index >= 15 is 0 Å². The lowest BCUT2D eigenvalue weighted by Gasteiger charge is -2.25. The molecule has 1 rings (SSSR count). The van der Waals surface area contributed by atoms with Crippen molar-refractivity contribution in [3.05, 3.63) is 11.8 Å². The van der Waals surface area contributed by atoms with Gasteiger partial charge in [0.15, 0.2) is 0 Å². The largest absolute Gasteiger partial charge is 0.464 e. The summed E-state index contributed by atoms with van der Waals surface area (Å²) in [4.78, 5) is 24.2. The molecule has 0 aliphatic carbocycles. The molecule has 0 saturated heterocycles. The number of esters is 1. The van der Waals surface area contributed by atoms with Gasteiger partial charge in [0.2, 0.25) is 0 Å². The van der Waals surface area contributed by atoms with Crippen molar-refractivity contribution in [1.29, 1.82) is 0 Å². The first-order valence-electron chi connectivity index (χ1n) is 5.23. The van der Waals surface area contributed by atoms with Crippen LogP contribution in [0.1, 0.15) is 20.8 Å². The highest BCUT2D eigenvalue weighted by Gasteiger charge is 2.34. The molecule has 17 heavy (non-hydrogen) atoms. The number of amides is 1. The van der Waals surface area contributed by atoms with Crippen molar-refractivity contribution in [3.63, 3.8) is 0 Å². The smallest absolute Gasteiger partial charge is 0.415 e. The Morgan fingerprint density at radius 3 is 2.53 bits per heavy atom. The first-order valence-corrected chi connectivity index (χ1v) is 5.23. The van der Waals surface area contributed by atoms with Crippen LogP contribution in [0.2, 0.25) is 0 Å². The molecule has 0 radical (unpaired) electrons. The normalized spacial score (nSPS) is 19.9. The molecular formula is C11H17NO5. The van der Waals surface area contributed by atoms with E-state index in [1.54, 1.807) is 20.8 Å². The van der Waals surface area contributed by atoms with Gasteiger partial charge in [-0.05, 0) is 26.8 Å². The maximum Gasteiger partial charge on any atom is 0.415 e. The first-order chi connectivity index (χ1) is 7.74. The van der Waals surface area contributed by atoms with Gasteiger partial charge in [-0.1, -0.05) is 0 Å². The molecule has 0 spiro atoms. The number of hydrogen-bond acceptors (Lipinski definition) is 5. The van der Waals surface area contributed by atoms with Gasteiger partial charge in [-0.3, -0.25) is 4.90 Å². The third-order valence-corrected chi connectivity index (χ3v) is 2.02. The molecule has 1 unspecified atom stereocenters. The van der Waals surface area contributed by atoms with Crippen LogP contribution in [0.3, 0.4) is 0 Å². The summed E-state index contributed by atoms with van der Waals surface area (Å²) in [5, 5.41) is 9.43. The molecule has 6 heteroatoms. The number of carbonyl (C=O) groups is 2. The lowest BCUT2D eigenvalue weighted by molar-refractivity contribution is -0.137. The lowest BCUT2D eigenvalue weighted by Crippen LogP contribution is -2.38. The molecule has 0 saturated carbocycles. The van der Waals surface area contributed by atoms with Gasteiger partial charge in [0, 0.05) is 0 Å². The topological polar surface area (TPSA) is 76.1 Å². The van der Waals surface area contributed by atoms with Crippen LogP contribution < -0.4 is 0 Å². The van der Waals surface area contributed by atoms with Crippen LogP contribution in [-0.4, -0.2) is 47.4 Å². The Kier molecular flexibility index (Phi) is 3.77. The molecule has 6 nitrogen and oxygen atoms in total.